The predicted octanol–water partition coefficient (Wildman–Crippen LogP) is 2.35. The van der Waals surface area contributed by atoms with E-state index in [0.717, 1.165) is 11.3 Å². The summed E-state index contributed by atoms with van der Waals surface area (Å²) in [6.45, 7) is 1.81. The van der Waals surface area contributed by atoms with Crippen LogP contribution in [0.2, 0.25) is 0 Å². The number of carbonyl (C=O) groups is 1. The topological polar surface area (TPSA) is 42.9 Å². The van der Waals surface area contributed by atoms with E-state index in [-0.39, 0.29) is 18.0 Å². The van der Waals surface area contributed by atoms with E-state index in [1.165, 1.54) is 18.3 Å². The van der Waals surface area contributed by atoms with Crippen molar-refractivity contribution in [3.05, 3.63) is 59.4 Å². The van der Waals surface area contributed by atoms with Crippen molar-refractivity contribution in [3.8, 4) is 0 Å². The molecule has 0 radical (unpaired) electrons. The molecule has 0 aliphatic carbocycles. The van der Waals surface area contributed by atoms with Crippen LogP contribution < -0.4 is 0 Å². The number of nitrogens with zero attached hydrogens (tertiary/aromatic N) is 2. The molecule has 0 aliphatic rings. The average molecular weight is 230 g/mol. The second kappa shape index (κ2) is 4.82. The third kappa shape index (κ3) is 2.93. The quantitative estimate of drug-likeness (QED) is 0.760. The third-order valence-corrected chi connectivity index (χ3v) is 2.34. The van der Waals surface area contributed by atoms with Crippen LogP contribution >= 0.6 is 0 Å². The SMILES string of the molecule is Cc1cnc(C(=O)Cc2ccc(F)cc2)cn1. The highest BCUT2D eigenvalue weighted by Gasteiger charge is 2.08. The van der Waals surface area contributed by atoms with Gasteiger partial charge < -0.3 is 0 Å². The lowest BCUT2D eigenvalue weighted by Crippen LogP contribution is -2.06. The largest absolute Gasteiger partial charge is 0.292 e. The van der Waals surface area contributed by atoms with E-state index in [9.17, 15) is 9.18 Å². The van der Waals surface area contributed by atoms with Gasteiger partial charge in [0, 0.05) is 12.6 Å². The minimum Gasteiger partial charge on any atom is -0.292 e. The molecule has 0 fully saturated rings. The van der Waals surface area contributed by atoms with Gasteiger partial charge in [-0.3, -0.25) is 9.78 Å². The Morgan fingerprint density at radius 3 is 2.47 bits per heavy atom. The lowest BCUT2D eigenvalue weighted by Gasteiger charge is -2.01. The number of ketones is 1. The molecule has 0 unspecified atom stereocenters. The Kier molecular flexibility index (Phi) is 3.23. The number of aryl methyl sites for hydroxylation is 1. The molecule has 0 saturated carbocycles. The minimum atomic E-state index is -0.309. The van der Waals surface area contributed by atoms with Crippen molar-refractivity contribution in [2.45, 2.75) is 13.3 Å². The summed E-state index contributed by atoms with van der Waals surface area (Å²) in [6, 6.07) is 5.86. The van der Waals surface area contributed by atoms with Crippen molar-refractivity contribution in [2.75, 3.05) is 0 Å². The Balaban J connectivity index is 2.11. The summed E-state index contributed by atoms with van der Waals surface area (Å²) in [5, 5.41) is 0. The summed E-state index contributed by atoms with van der Waals surface area (Å²) < 4.78 is 12.7. The van der Waals surface area contributed by atoms with Gasteiger partial charge in [-0.05, 0) is 24.6 Å². The van der Waals surface area contributed by atoms with E-state index in [2.05, 4.69) is 9.97 Å². The van der Waals surface area contributed by atoms with Gasteiger partial charge in [0.25, 0.3) is 0 Å². The number of halogens is 1. The van der Waals surface area contributed by atoms with Gasteiger partial charge in [-0.1, -0.05) is 12.1 Å². The van der Waals surface area contributed by atoms with Gasteiger partial charge in [-0.2, -0.15) is 0 Å². The maximum absolute atomic E-state index is 12.7. The molecule has 0 spiro atoms. The normalized spacial score (nSPS) is 10.2. The van der Waals surface area contributed by atoms with Gasteiger partial charge in [0.05, 0.1) is 11.9 Å². The molecule has 2 aromatic rings. The van der Waals surface area contributed by atoms with E-state index in [1.54, 1.807) is 25.3 Å². The predicted molar refractivity (Wildman–Crippen MR) is 61.2 cm³/mol. The number of rotatable bonds is 3. The van der Waals surface area contributed by atoms with Crippen molar-refractivity contribution in [3.63, 3.8) is 0 Å². The first kappa shape index (κ1) is 11.4. The highest BCUT2D eigenvalue weighted by Crippen LogP contribution is 2.07. The number of carbonyl (C=O) groups excluding carboxylic acids is 1. The van der Waals surface area contributed by atoms with Gasteiger partial charge in [0.15, 0.2) is 5.78 Å². The zero-order valence-corrected chi connectivity index (χ0v) is 9.35. The second-order valence-corrected chi connectivity index (χ2v) is 3.77. The van der Waals surface area contributed by atoms with Gasteiger partial charge in [-0.25, -0.2) is 9.37 Å². The summed E-state index contributed by atoms with van der Waals surface area (Å²) in [6.07, 6.45) is 3.22. The summed E-state index contributed by atoms with van der Waals surface area (Å²) in [5.74, 6) is -0.430. The summed E-state index contributed by atoms with van der Waals surface area (Å²) >= 11 is 0. The molecule has 3 nitrogen and oxygen atoms in total. The Morgan fingerprint density at radius 1 is 1.18 bits per heavy atom. The Bertz CT molecular complexity index is 520. The lowest BCUT2D eigenvalue weighted by atomic mass is 10.1. The standard InChI is InChI=1S/C13H11FN2O/c1-9-7-16-12(8-15-9)13(17)6-10-2-4-11(14)5-3-10/h2-5,7-8H,6H2,1H3. The molecular weight excluding hydrogens is 219 g/mol. The van der Waals surface area contributed by atoms with E-state index < -0.39 is 0 Å². The van der Waals surface area contributed by atoms with E-state index in [0.29, 0.717) is 5.69 Å². The van der Waals surface area contributed by atoms with Crippen molar-refractivity contribution in [1.82, 2.24) is 9.97 Å². The molecule has 0 saturated heterocycles. The number of hydrogen-bond acceptors (Lipinski definition) is 3. The molecule has 0 amide bonds. The highest BCUT2D eigenvalue weighted by molar-refractivity contribution is 5.95. The van der Waals surface area contributed by atoms with Crippen molar-refractivity contribution >= 4 is 5.78 Å². The first-order chi connectivity index (χ1) is 8.15. The number of benzene rings is 1. The molecule has 17 heavy (non-hydrogen) atoms. The lowest BCUT2D eigenvalue weighted by molar-refractivity contribution is 0.0988. The Labute approximate surface area is 98.3 Å². The Morgan fingerprint density at radius 2 is 1.88 bits per heavy atom. The number of hydrogen-bond donors (Lipinski definition) is 0. The molecule has 1 aromatic heterocycles. The van der Waals surface area contributed by atoms with Gasteiger partial charge in [0.1, 0.15) is 11.5 Å². The summed E-state index contributed by atoms with van der Waals surface area (Å²) in [7, 11) is 0. The molecule has 0 N–H and O–H groups in total. The fourth-order valence-corrected chi connectivity index (χ4v) is 1.41. The van der Waals surface area contributed by atoms with Crippen LogP contribution in [0.4, 0.5) is 4.39 Å². The minimum absolute atomic E-state index is 0.121. The molecular formula is C13H11FN2O. The fourth-order valence-electron chi connectivity index (χ4n) is 1.41. The van der Waals surface area contributed by atoms with Crippen LogP contribution in [-0.2, 0) is 6.42 Å². The van der Waals surface area contributed by atoms with Crippen LogP contribution in [0.15, 0.2) is 36.7 Å². The van der Waals surface area contributed by atoms with Crippen LogP contribution in [0, 0.1) is 12.7 Å². The molecule has 1 aromatic carbocycles. The third-order valence-electron chi connectivity index (χ3n) is 2.34. The second-order valence-electron chi connectivity index (χ2n) is 3.77. The molecule has 4 heteroatoms. The molecule has 0 aliphatic heterocycles. The van der Waals surface area contributed by atoms with Crippen LogP contribution in [0.1, 0.15) is 21.7 Å². The molecule has 2 rings (SSSR count). The van der Waals surface area contributed by atoms with Gasteiger partial charge in [0.2, 0.25) is 0 Å². The maximum atomic E-state index is 12.7. The van der Waals surface area contributed by atoms with Crippen molar-refractivity contribution in [2.24, 2.45) is 0 Å². The van der Waals surface area contributed by atoms with Crippen molar-refractivity contribution < 1.29 is 9.18 Å². The zero-order valence-electron chi connectivity index (χ0n) is 9.35. The van der Waals surface area contributed by atoms with Gasteiger partial charge >= 0.3 is 0 Å². The first-order valence-electron chi connectivity index (χ1n) is 5.21. The molecule has 1 heterocycles. The van der Waals surface area contributed by atoms with Crippen LogP contribution in [0.25, 0.3) is 0 Å². The van der Waals surface area contributed by atoms with E-state index >= 15 is 0 Å². The highest BCUT2D eigenvalue weighted by atomic mass is 19.1. The average Bonchev–Trinajstić information content (AvgIpc) is 2.33. The number of aromatic nitrogens is 2. The summed E-state index contributed by atoms with van der Waals surface area (Å²) in [4.78, 5) is 19.8. The molecule has 0 bridgehead atoms. The number of Topliss-reactive ketones (excluding diaryl/α,β-unsaturated/α-hetero) is 1. The monoisotopic (exact) mass is 230 g/mol. The van der Waals surface area contributed by atoms with Crippen LogP contribution in [0.5, 0.6) is 0 Å². The first-order valence-corrected chi connectivity index (χ1v) is 5.21. The Hall–Kier alpha value is -2.10. The van der Waals surface area contributed by atoms with E-state index in [4.69, 9.17) is 0 Å². The van der Waals surface area contributed by atoms with Crippen LogP contribution in [0.3, 0.4) is 0 Å². The van der Waals surface area contributed by atoms with E-state index in [1.807, 2.05) is 0 Å². The van der Waals surface area contributed by atoms with Gasteiger partial charge in [-0.15, -0.1) is 0 Å². The summed E-state index contributed by atoms with van der Waals surface area (Å²) in [5.41, 5.74) is 1.86. The molecule has 86 valence electrons. The maximum Gasteiger partial charge on any atom is 0.187 e. The zero-order chi connectivity index (χ0) is 12.3. The van der Waals surface area contributed by atoms with Crippen molar-refractivity contribution in [1.29, 1.82) is 0 Å². The fraction of sp³-hybridized carbons (Fsp3) is 0.154. The molecule has 0 atom stereocenters. The van der Waals surface area contributed by atoms with Crippen LogP contribution in [-0.4, -0.2) is 15.8 Å². The smallest absolute Gasteiger partial charge is 0.187 e.